The molecule has 0 atom stereocenters. The number of benzene rings is 1. The molecule has 9 heteroatoms. The molecule has 0 saturated heterocycles. The molecular formula is C22H23N5O3S. The molecule has 1 N–H and O–H groups in total. The topological polar surface area (TPSA) is 99.6 Å². The van der Waals surface area contributed by atoms with Gasteiger partial charge in [0, 0.05) is 18.7 Å². The lowest BCUT2D eigenvalue weighted by atomic mass is 10.2. The van der Waals surface area contributed by atoms with Gasteiger partial charge in [0.25, 0.3) is 10.6 Å². The van der Waals surface area contributed by atoms with Crippen LogP contribution in [0.1, 0.15) is 31.2 Å². The lowest BCUT2D eigenvalue weighted by molar-refractivity contribution is -0.645. The van der Waals surface area contributed by atoms with Crippen LogP contribution in [0.4, 0.5) is 0 Å². The Labute approximate surface area is 182 Å². The summed E-state index contributed by atoms with van der Waals surface area (Å²) in [6.45, 7) is 3.00. The number of H-pyrrole nitrogens is 1. The van der Waals surface area contributed by atoms with Crippen LogP contribution >= 0.6 is 11.8 Å². The van der Waals surface area contributed by atoms with Gasteiger partial charge in [0.05, 0.1) is 12.3 Å². The maximum Gasteiger partial charge on any atom is 0.330 e. The minimum atomic E-state index is -0.485. The van der Waals surface area contributed by atoms with Gasteiger partial charge in [-0.1, -0.05) is 43.7 Å². The Morgan fingerprint density at radius 1 is 1.10 bits per heavy atom. The van der Waals surface area contributed by atoms with Crippen molar-refractivity contribution in [1.29, 1.82) is 0 Å². The molecule has 0 radical (unpaired) electrons. The highest BCUT2D eigenvalue weighted by atomic mass is 32.2. The summed E-state index contributed by atoms with van der Waals surface area (Å²) < 4.78 is 4.19. The summed E-state index contributed by atoms with van der Waals surface area (Å²) in [5.74, 6) is 1.07. The fourth-order valence-corrected chi connectivity index (χ4v) is 4.32. The molecule has 4 rings (SSSR count). The Kier molecular flexibility index (Phi) is 6.22. The van der Waals surface area contributed by atoms with Crippen LogP contribution in [0, 0.1) is 5.21 Å². The molecule has 0 fully saturated rings. The zero-order valence-electron chi connectivity index (χ0n) is 17.2. The van der Waals surface area contributed by atoms with Crippen molar-refractivity contribution in [2.24, 2.45) is 0 Å². The highest BCUT2D eigenvalue weighted by Crippen LogP contribution is 2.22. The van der Waals surface area contributed by atoms with Crippen LogP contribution in [-0.4, -0.2) is 19.1 Å². The number of aromatic nitrogens is 5. The van der Waals surface area contributed by atoms with E-state index >= 15 is 0 Å². The molecule has 31 heavy (non-hydrogen) atoms. The first kappa shape index (κ1) is 20.9. The molecule has 4 aromatic rings. The first-order chi connectivity index (χ1) is 15.1. The van der Waals surface area contributed by atoms with Gasteiger partial charge >= 0.3 is 5.69 Å². The summed E-state index contributed by atoms with van der Waals surface area (Å²) >= 11 is 1.35. The minimum Gasteiger partial charge on any atom is -0.618 e. The van der Waals surface area contributed by atoms with E-state index in [-0.39, 0.29) is 0 Å². The third-order valence-corrected chi connectivity index (χ3v) is 6.04. The van der Waals surface area contributed by atoms with E-state index in [1.165, 1.54) is 22.5 Å². The number of fused-ring (bicyclic) bond motifs is 1. The molecule has 8 nitrogen and oxygen atoms in total. The summed E-state index contributed by atoms with van der Waals surface area (Å²) in [4.78, 5) is 32.5. The van der Waals surface area contributed by atoms with Crippen molar-refractivity contribution in [2.45, 2.75) is 43.6 Å². The van der Waals surface area contributed by atoms with E-state index in [0.717, 1.165) is 23.1 Å². The van der Waals surface area contributed by atoms with Gasteiger partial charge in [-0.3, -0.25) is 14.3 Å². The highest BCUT2D eigenvalue weighted by molar-refractivity contribution is 7.98. The van der Waals surface area contributed by atoms with Crippen LogP contribution in [0.15, 0.2) is 69.3 Å². The molecule has 0 aliphatic carbocycles. The van der Waals surface area contributed by atoms with E-state index in [9.17, 15) is 14.8 Å². The Balaban J connectivity index is 1.80. The van der Waals surface area contributed by atoms with Crippen LogP contribution in [0.5, 0.6) is 0 Å². The second-order valence-corrected chi connectivity index (χ2v) is 8.19. The van der Waals surface area contributed by atoms with Gasteiger partial charge in [0.15, 0.2) is 17.4 Å². The van der Waals surface area contributed by atoms with E-state index in [0.29, 0.717) is 40.9 Å². The van der Waals surface area contributed by atoms with Crippen molar-refractivity contribution in [3.8, 4) is 0 Å². The van der Waals surface area contributed by atoms with Gasteiger partial charge in [-0.05, 0) is 29.8 Å². The van der Waals surface area contributed by atoms with E-state index in [2.05, 4.69) is 11.9 Å². The quantitative estimate of drug-likeness (QED) is 0.260. The Morgan fingerprint density at radius 2 is 1.87 bits per heavy atom. The standard InChI is InChI=1S/C22H23N5O3S/c1-2-3-12-25-17(15-31-18-11-7-8-13-27(18)30)23-20-19(25)21(28)24-22(29)26(20)14-16-9-5-4-6-10-16/h4-11,13H,2-3,12,14-15H2,1H3,(H,24,28,29). The average Bonchev–Trinajstić information content (AvgIpc) is 3.14. The first-order valence-corrected chi connectivity index (χ1v) is 11.1. The number of hydrogen-bond donors (Lipinski definition) is 1. The number of hydrogen-bond acceptors (Lipinski definition) is 5. The fourth-order valence-electron chi connectivity index (χ4n) is 3.46. The molecule has 3 heterocycles. The van der Waals surface area contributed by atoms with Crippen molar-refractivity contribution in [3.05, 3.63) is 92.2 Å². The Hall–Kier alpha value is -3.33. The summed E-state index contributed by atoms with van der Waals surface area (Å²) in [5.41, 5.74) is 0.771. The molecule has 3 aromatic heterocycles. The number of imidazole rings is 1. The van der Waals surface area contributed by atoms with Gasteiger partial charge in [-0.2, -0.15) is 4.73 Å². The van der Waals surface area contributed by atoms with Crippen LogP contribution in [0.2, 0.25) is 0 Å². The maximum atomic E-state index is 12.7. The van der Waals surface area contributed by atoms with Crippen LogP contribution < -0.4 is 16.0 Å². The normalized spacial score (nSPS) is 11.3. The average molecular weight is 438 g/mol. The number of nitrogens with one attached hydrogen (secondary N) is 1. The molecule has 0 bridgehead atoms. The van der Waals surface area contributed by atoms with Gasteiger partial charge < -0.3 is 9.77 Å². The zero-order chi connectivity index (χ0) is 21.8. The monoisotopic (exact) mass is 437 g/mol. The highest BCUT2D eigenvalue weighted by Gasteiger charge is 2.19. The lowest BCUT2D eigenvalue weighted by Gasteiger charge is -2.09. The predicted octanol–water partition coefficient (Wildman–Crippen LogP) is 2.66. The fraction of sp³-hybridized carbons (Fsp3) is 0.273. The van der Waals surface area contributed by atoms with E-state index in [1.807, 2.05) is 34.9 Å². The van der Waals surface area contributed by atoms with E-state index < -0.39 is 11.2 Å². The molecule has 0 aliphatic heterocycles. The number of nitrogens with zero attached hydrogens (tertiary/aromatic N) is 4. The molecule has 0 aliphatic rings. The minimum absolute atomic E-state index is 0.309. The van der Waals surface area contributed by atoms with E-state index in [1.54, 1.807) is 18.2 Å². The first-order valence-electron chi connectivity index (χ1n) is 10.2. The smallest absolute Gasteiger partial charge is 0.330 e. The van der Waals surface area contributed by atoms with Crippen LogP contribution in [0.25, 0.3) is 11.2 Å². The summed E-state index contributed by atoms with van der Waals surface area (Å²) in [5, 5.41) is 12.5. The third kappa shape index (κ3) is 4.41. The van der Waals surface area contributed by atoms with Crippen LogP contribution in [-0.2, 0) is 18.8 Å². The molecule has 0 unspecified atom stereocenters. The van der Waals surface area contributed by atoms with E-state index in [4.69, 9.17) is 4.98 Å². The van der Waals surface area contributed by atoms with Crippen molar-refractivity contribution in [1.82, 2.24) is 19.1 Å². The van der Waals surface area contributed by atoms with Gasteiger partial charge in [0.2, 0.25) is 0 Å². The Morgan fingerprint density at radius 3 is 2.61 bits per heavy atom. The molecule has 0 saturated carbocycles. The third-order valence-electron chi connectivity index (χ3n) is 5.02. The number of rotatable bonds is 8. The van der Waals surface area contributed by atoms with Crippen molar-refractivity contribution in [2.75, 3.05) is 0 Å². The number of aromatic amines is 1. The van der Waals surface area contributed by atoms with Crippen LogP contribution in [0.3, 0.4) is 0 Å². The summed E-state index contributed by atoms with van der Waals surface area (Å²) in [6.07, 6.45) is 3.27. The van der Waals surface area contributed by atoms with Crippen molar-refractivity contribution in [3.63, 3.8) is 0 Å². The summed E-state index contributed by atoms with van der Waals surface area (Å²) in [6, 6.07) is 14.8. The molecular weight excluding hydrogens is 414 g/mol. The number of unbranched alkanes of at least 4 members (excludes halogenated alkanes) is 1. The zero-order valence-corrected chi connectivity index (χ0v) is 18.0. The lowest BCUT2D eigenvalue weighted by Crippen LogP contribution is -2.31. The molecule has 1 aromatic carbocycles. The molecule has 0 amide bonds. The largest absolute Gasteiger partial charge is 0.618 e. The number of pyridine rings is 1. The second-order valence-electron chi connectivity index (χ2n) is 7.19. The predicted molar refractivity (Wildman–Crippen MR) is 120 cm³/mol. The SMILES string of the molecule is CCCCn1c(CSc2cccc[n+]2[O-])nc2c1c(=O)[nH]c(=O)n2Cc1ccccc1. The molecule has 160 valence electrons. The number of thioether (sulfide) groups is 1. The van der Waals surface area contributed by atoms with Gasteiger partial charge in [-0.15, -0.1) is 0 Å². The molecule has 0 spiro atoms. The number of aryl methyl sites for hydroxylation is 1. The van der Waals surface area contributed by atoms with Gasteiger partial charge in [-0.25, -0.2) is 9.78 Å². The maximum absolute atomic E-state index is 12.7. The second kappa shape index (κ2) is 9.22. The summed E-state index contributed by atoms with van der Waals surface area (Å²) in [7, 11) is 0. The van der Waals surface area contributed by atoms with Crippen molar-refractivity contribution < 1.29 is 4.73 Å². The Bertz CT molecular complexity index is 1310. The van der Waals surface area contributed by atoms with Gasteiger partial charge in [0.1, 0.15) is 5.82 Å². The van der Waals surface area contributed by atoms with Crippen molar-refractivity contribution >= 4 is 22.9 Å².